The molecule has 1 atom stereocenters. The van der Waals surface area contributed by atoms with Crippen molar-refractivity contribution >= 4 is 5.91 Å². The number of carbonyl (C=O) groups excluding carboxylic acids is 1. The van der Waals surface area contributed by atoms with E-state index in [2.05, 4.69) is 18.0 Å². The first-order valence-electron chi connectivity index (χ1n) is 6.09. The molecule has 0 aromatic carbocycles. The van der Waals surface area contributed by atoms with E-state index in [0.29, 0.717) is 6.42 Å². The van der Waals surface area contributed by atoms with Crippen molar-refractivity contribution in [3.8, 4) is 0 Å². The van der Waals surface area contributed by atoms with Gasteiger partial charge in [0.05, 0.1) is 6.42 Å². The van der Waals surface area contributed by atoms with Crippen molar-refractivity contribution < 1.29 is 4.79 Å². The minimum Gasteiger partial charge on any atom is -0.370 e. The highest BCUT2D eigenvalue weighted by Crippen LogP contribution is 2.17. The maximum Gasteiger partial charge on any atom is 0.221 e. The lowest BCUT2D eigenvalue weighted by Crippen LogP contribution is -2.40. The third-order valence-electron chi connectivity index (χ3n) is 3.00. The molecule has 0 aromatic heterocycles. The van der Waals surface area contributed by atoms with Crippen molar-refractivity contribution in [3.63, 3.8) is 0 Å². The zero-order chi connectivity index (χ0) is 12.0. The average molecular weight is 225 g/mol. The Bertz CT molecular complexity index is 253. The van der Waals surface area contributed by atoms with Gasteiger partial charge in [-0.3, -0.25) is 4.79 Å². The number of primary amides is 1. The van der Waals surface area contributed by atoms with Gasteiger partial charge in [-0.1, -0.05) is 26.2 Å². The first-order chi connectivity index (χ1) is 7.65. The minimum absolute atomic E-state index is 0.124. The van der Waals surface area contributed by atoms with Gasteiger partial charge >= 0.3 is 0 Å². The molecule has 0 spiro atoms. The van der Waals surface area contributed by atoms with E-state index in [0.717, 1.165) is 6.54 Å². The van der Waals surface area contributed by atoms with Gasteiger partial charge in [0.15, 0.2) is 0 Å². The molecule has 4 nitrogen and oxygen atoms in total. The monoisotopic (exact) mass is 225 g/mol. The number of nitrogens with two attached hydrogens (primary N) is 1. The van der Waals surface area contributed by atoms with Crippen molar-refractivity contribution in [2.24, 2.45) is 5.73 Å². The molecule has 2 N–H and O–H groups in total. The molecule has 16 heavy (non-hydrogen) atoms. The molecule has 0 saturated carbocycles. The van der Waals surface area contributed by atoms with E-state index in [1.165, 1.54) is 25.7 Å². The second-order valence-electron chi connectivity index (χ2n) is 4.41. The van der Waals surface area contributed by atoms with Gasteiger partial charge in [0.2, 0.25) is 5.91 Å². The summed E-state index contributed by atoms with van der Waals surface area (Å²) in [6, 6.07) is 0. The molecule has 0 fully saturated rings. The Hall–Kier alpha value is -1.19. The summed E-state index contributed by atoms with van der Waals surface area (Å²) in [5.74, 6) is -0.237. The van der Waals surface area contributed by atoms with Crippen LogP contribution < -0.4 is 5.73 Å². The predicted octanol–water partition coefficient (Wildman–Crippen LogP) is 1.49. The van der Waals surface area contributed by atoms with E-state index >= 15 is 0 Å². The van der Waals surface area contributed by atoms with E-state index in [4.69, 9.17) is 5.73 Å². The molecule has 92 valence electrons. The maximum absolute atomic E-state index is 11.0. The number of rotatable bonds is 7. The second-order valence-corrected chi connectivity index (χ2v) is 4.41. The van der Waals surface area contributed by atoms with Gasteiger partial charge in [-0.2, -0.15) is 0 Å². The topological polar surface area (TPSA) is 49.6 Å². The zero-order valence-electron chi connectivity index (χ0n) is 10.4. The normalized spacial score (nSPS) is 19.5. The van der Waals surface area contributed by atoms with Crippen molar-refractivity contribution in [1.82, 2.24) is 9.80 Å². The molecule has 1 amide bonds. The Morgan fingerprint density at radius 2 is 2.06 bits per heavy atom. The van der Waals surface area contributed by atoms with Crippen LogP contribution in [0.1, 0.15) is 39.0 Å². The van der Waals surface area contributed by atoms with Crippen molar-refractivity contribution in [2.45, 2.75) is 45.2 Å². The number of nitrogens with zero attached hydrogens (tertiary/aromatic N) is 2. The van der Waals surface area contributed by atoms with E-state index in [1.807, 2.05) is 18.1 Å². The number of unbranched alkanes of at least 4 members (excludes halogenated alkanes) is 3. The fraction of sp³-hybridized carbons (Fsp3) is 0.750. The smallest absolute Gasteiger partial charge is 0.221 e. The summed E-state index contributed by atoms with van der Waals surface area (Å²) in [6.07, 6.45) is 9.56. The van der Waals surface area contributed by atoms with Gasteiger partial charge in [0, 0.05) is 26.0 Å². The van der Waals surface area contributed by atoms with Gasteiger partial charge in [0.1, 0.15) is 6.17 Å². The fourth-order valence-corrected chi connectivity index (χ4v) is 2.01. The predicted molar refractivity (Wildman–Crippen MR) is 65.4 cm³/mol. The highest BCUT2D eigenvalue weighted by Gasteiger charge is 2.24. The van der Waals surface area contributed by atoms with Crippen LogP contribution in [0.5, 0.6) is 0 Å². The molecule has 1 heterocycles. The summed E-state index contributed by atoms with van der Waals surface area (Å²) in [5, 5.41) is 0. The molecule has 1 aliphatic heterocycles. The number of hydrogen-bond acceptors (Lipinski definition) is 3. The Morgan fingerprint density at radius 1 is 1.31 bits per heavy atom. The third kappa shape index (κ3) is 3.76. The largest absolute Gasteiger partial charge is 0.370 e. The lowest BCUT2D eigenvalue weighted by atomic mass is 10.2. The molecule has 4 heteroatoms. The number of carbonyl (C=O) groups is 1. The lowest BCUT2D eigenvalue weighted by Gasteiger charge is -2.29. The quantitative estimate of drug-likeness (QED) is 0.668. The van der Waals surface area contributed by atoms with Crippen LogP contribution in [0.15, 0.2) is 12.4 Å². The fourth-order valence-electron chi connectivity index (χ4n) is 2.01. The van der Waals surface area contributed by atoms with E-state index in [-0.39, 0.29) is 12.1 Å². The van der Waals surface area contributed by atoms with Crippen molar-refractivity contribution in [2.75, 3.05) is 13.6 Å². The summed E-state index contributed by atoms with van der Waals surface area (Å²) in [6.45, 7) is 3.22. The summed E-state index contributed by atoms with van der Waals surface area (Å²) in [4.78, 5) is 15.2. The Labute approximate surface area is 98.1 Å². The third-order valence-corrected chi connectivity index (χ3v) is 3.00. The lowest BCUT2D eigenvalue weighted by molar-refractivity contribution is -0.119. The van der Waals surface area contributed by atoms with Gasteiger partial charge in [-0.15, -0.1) is 0 Å². The minimum atomic E-state index is -0.237. The first-order valence-corrected chi connectivity index (χ1v) is 6.09. The summed E-state index contributed by atoms with van der Waals surface area (Å²) < 4.78 is 0. The van der Waals surface area contributed by atoms with Gasteiger partial charge in [0.25, 0.3) is 0 Å². The Balaban J connectivity index is 2.33. The highest BCUT2D eigenvalue weighted by molar-refractivity contribution is 5.74. The van der Waals surface area contributed by atoms with Crippen LogP contribution in [-0.4, -0.2) is 35.5 Å². The van der Waals surface area contributed by atoms with E-state index < -0.39 is 0 Å². The van der Waals surface area contributed by atoms with E-state index in [1.54, 1.807) is 0 Å². The molecule has 0 bridgehead atoms. The van der Waals surface area contributed by atoms with Crippen LogP contribution in [-0.2, 0) is 4.79 Å². The molecule has 1 unspecified atom stereocenters. The van der Waals surface area contributed by atoms with Crippen molar-refractivity contribution in [1.29, 1.82) is 0 Å². The standard InChI is InChI=1S/C12H23N3O/c1-3-4-5-6-7-15-9-8-14(2)12(15)10-11(13)16/h8-9,12H,3-7,10H2,1-2H3,(H2,13,16). The summed E-state index contributed by atoms with van der Waals surface area (Å²) >= 11 is 0. The Morgan fingerprint density at radius 3 is 2.69 bits per heavy atom. The molecule has 1 rings (SSSR count). The average Bonchev–Trinajstić information content (AvgIpc) is 2.56. The van der Waals surface area contributed by atoms with Crippen molar-refractivity contribution in [3.05, 3.63) is 12.4 Å². The molecular weight excluding hydrogens is 202 g/mol. The van der Waals surface area contributed by atoms with Crippen LogP contribution in [0.25, 0.3) is 0 Å². The number of amides is 1. The van der Waals surface area contributed by atoms with Gasteiger partial charge in [-0.05, 0) is 6.42 Å². The molecule has 0 radical (unpaired) electrons. The summed E-state index contributed by atoms with van der Waals surface area (Å²) in [7, 11) is 1.98. The molecule has 0 saturated heterocycles. The Kier molecular flexibility index (Phi) is 5.15. The molecular formula is C12H23N3O. The zero-order valence-corrected chi connectivity index (χ0v) is 10.4. The van der Waals surface area contributed by atoms with Crippen LogP contribution in [0, 0.1) is 0 Å². The molecule has 1 aliphatic rings. The molecule has 0 aromatic rings. The van der Waals surface area contributed by atoms with Gasteiger partial charge in [-0.25, -0.2) is 0 Å². The van der Waals surface area contributed by atoms with Crippen LogP contribution in [0.3, 0.4) is 0 Å². The van der Waals surface area contributed by atoms with Crippen LogP contribution in [0.4, 0.5) is 0 Å². The summed E-state index contributed by atoms with van der Waals surface area (Å²) in [5.41, 5.74) is 5.25. The first kappa shape index (κ1) is 12.9. The van der Waals surface area contributed by atoms with Crippen LogP contribution in [0.2, 0.25) is 0 Å². The van der Waals surface area contributed by atoms with Gasteiger partial charge < -0.3 is 15.5 Å². The van der Waals surface area contributed by atoms with Crippen LogP contribution >= 0.6 is 0 Å². The molecule has 0 aliphatic carbocycles. The maximum atomic E-state index is 11.0. The van der Waals surface area contributed by atoms with E-state index in [9.17, 15) is 4.79 Å². The highest BCUT2D eigenvalue weighted by atomic mass is 16.1. The number of hydrogen-bond donors (Lipinski definition) is 1. The SMILES string of the molecule is CCCCCCN1C=CN(C)C1CC(N)=O. The second kappa shape index (κ2) is 6.40.